The molecule has 3 aromatic rings. The quantitative estimate of drug-likeness (QED) is 0.678. The van der Waals surface area contributed by atoms with Gasteiger partial charge in [-0.15, -0.1) is 0 Å². The second-order valence-corrected chi connectivity index (χ2v) is 7.63. The van der Waals surface area contributed by atoms with Gasteiger partial charge in [0.2, 0.25) is 11.8 Å². The number of carbonyl (C=O) groups excluding carboxylic acids is 3. The first-order valence-electron chi connectivity index (χ1n) is 9.28. The molecule has 0 aliphatic carbocycles. The first-order valence-corrected chi connectivity index (χ1v) is 10.0. The zero-order valence-corrected chi connectivity index (χ0v) is 16.1. The minimum absolute atomic E-state index is 0.180. The maximum atomic E-state index is 12.8. The molecule has 3 heterocycles. The van der Waals surface area contributed by atoms with Crippen LogP contribution in [0.2, 0.25) is 0 Å². The van der Waals surface area contributed by atoms with Gasteiger partial charge in [-0.25, -0.2) is 0 Å². The summed E-state index contributed by atoms with van der Waals surface area (Å²) in [6.45, 7) is 0.340. The Morgan fingerprint density at radius 2 is 1.72 bits per heavy atom. The summed E-state index contributed by atoms with van der Waals surface area (Å²) in [5, 5.41) is 2.32. The Hall–Kier alpha value is -3.39. The summed E-state index contributed by atoms with van der Waals surface area (Å²) >= 11 is 1.15. The van der Waals surface area contributed by atoms with Crippen LogP contribution in [0.15, 0.2) is 48.5 Å². The smallest absolute Gasteiger partial charge is 0.255 e. The molecule has 0 bridgehead atoms. The highest BCUT2D eigenvalue weighted by molar-refractivity contribution is 6.99. The van der Waals surface area contributed by atoms with Crippen molar-refractivity contribution in [2.45, 2.75) is 25.4 Å². The molecule has 7 nitrogen and oxygen atoms in total. The average molecular weight is 404 g/mol. The summed E-state index contributed by atoms with van der Waals surface area (Å²) in [4.78, 5) is 38.0. The number of benzene rings is 2. The number of fused-ring (bicyclic) bond motifs is 1. The third-order valence-corrected chi connectivity index (χ3v) is 5.86. The predicted octanol–water partition coefficient (Wildman–Crippen LogP) is 2.63. The zero-order chi connectivity index (χ0) is 20.0. The molecule has 1 saturated heterocycles. The van der Waals surface area contributed by atoms with E-state index in [1.807, 2.05) is 42.5 Å². The van der Waals surface area contributed by atoms with Crippen molar-refractivity contribution in [2.75, 3.05) is 0 Å². The third-order valence-electron chi connectivity index (χ3n) is 5.33. The van der Waals surface area contributed by atoms with Crippen LogP contribution in [0, 0.1) is 0 Å². The van der Waals surface area contributed by atoms with Crippen LogP contribution in [0.1, 0.15) is 28.8 Å². The Kier molecular flexibility index (Phi) is 4.21. The van der Waals surface area contributed by atoms with Crippen molar-refractivity contribution in [3.8, 4) is 22.5 Å². The molecule has 3 amide bonds. The predicted molar refractivity (Wildman–Crippen MR) is 107 cm³/mol. The monoisotopic (exact) mass is 404 g/mol. The van der Waals surface area contributed by atoms with E-state index in [-0.39, 0.29) is 18.2 Å². The number of hydrogen-bond donors (Lipinski definition) is 1. The molecule has 144 valence electrons. The lowest BCUT2D eigenvalue weighted by molar-refractivity contribution is -0.136. The van der Waals surface area contributed by atoms with Crippen LogP contribution in [0.4, 0.5) is 0 Å². The third kappa shape index (κ3) is 3.01. The molecule has 5 rings (SSSR count). The topological polar surface area (TPSA) is 92.3 Å². The molecular formula is C21H16N4O3S. The summed E-state index contributed by atoms with van der Waals surface area (Å²) < 4.78 is 8.91. The van der Waals surface area contributed by atoms with Gasteiger partial charge in [-0.05, 0) is 24.1 Å². The Morgan fingerprint density at radius 3 is 2.48 bits per heavy atom. The zero-order valence-electron chi connectivity index (χ0n) is 15.3. The van der Waals surface area contributed by atoms with Gasteiger partial charge in [0.15, 0.2) is 0 Å². The molecule has 1 N–H and O–H groups in total. The number of imide groups is 1. The van der Waals surface area contributed by atoms with E-state index < -0.39 is 11.9 Å². The van der Waals surface area contributed by atoms with Crippen molar-refractivity contribution in [1.29, 1.82) is 0 Å². The molecule has 2 aliphatic rings. The Labute approximate surface area is 170 Å². The Morgan fingerprint density at radius 1 is 0.966 bits per heavy atom. The summed E-state index contributed by atoms with van der Waals surface area (Å²) in [6, 6.07) is 14.8. The lowest BCUT2D eigenvalue weighted by Gasteiger charge is -2.29. The highest BCUT2D eigenvalue weighted by Gasteiger charge is 2.39. The molecule has 0 radical (unpaired) electrons. The van der Waals surface area contributed by atoms with E-state index in [2.05, 4.69) is 14.1 Å². The number of aromatic nitrogens is 2. The fraction of sp³-hybridized carbons (Fsp3) is 0.190. The fourth-order valence-corrected chi connectivity index (χ4v) is 4.47. The van der Waals surface area contributed by atoms with Crippen LogP contribution in [-0.4, -0.2) is 37.4 Å². The molecule has 1 atom stereocenters. The SMILES string of the molecule is O=C1CCC(N2Cc3cc(-c4nsnc4-c4ccccc4)ccc3C2=O)C(=O)N1. The second kappa shape index (κ2) is 6.89. The molecule has 0 spiro atoms. The standard InChI is InChI=1S/C21H16N4O3S/c26-17-9-8-16(20(27)22-17)25-11-14-10-13(6-7-15(14)21(25)28)19-18(23-29-24-19)12-4-2-1-3-5-12/h1-7,10,16H,8-9,11H2,(H,22,26,27). The van der Waals surface area contributed by atoms with Gasteiger partial charge < -0.3 is 4.90 Å². The molecule has 8 heteroatoms. The molecule has 0 saturated carbocycles. The van der Waals surface area contributed by atoms with Crippen LogP contribution in [0.3, 0.4) is 0 Å². The van der Waals surface area contributed by atoms with E-state index in [1.54, 1.807) is 11.0 Å². The molecule has 1 fully saturated rings. The van der Waals surface area contributed by atoms with Crippen LogP contribution in [-0.2, 0) is 16.1 Å². The minimum atomic E-state index is -0.614. The van der Waals surface area contributed by atoms with Crippen LogP contribution < -0.4 is 5.32 Å². The van der Waals surface area contributed by atoms with E-state index in [9.17, 15) is 14.4 Å². The number of nitrogens with zero attached hydrogens (tertiary/aromatic N) is 3. The molecule has 1 aromatic heterocycles. The number of amides is 3. The normalized spacial score (nSPS) is 18.7. The van der Waals surface area contributed by atoms with E-state index in [0.29, 0.717) is 18.5 Å². The van der Waals surface area contributed by atoms with Gasteiger partial charge in [0.05, 0.1) is 11.7 Å². The summed E-state index contributed by atoms with van der Waals surface area (Å²) in [5.41, 5.74) is 4.89. The van der Waals surface area contributed by atoms with Gasteiger partial charge in [0, 0.05) is 29.7 Å². The maximum absolute atomic E-state index is 12.8. The van der Waals surface area contributed by atoms with Gasteiger partial charge in [0.1, 0.15) is 17.4 Å². The minimum Gasteiger partial charge on any atom is -0.322 e. The number of hydrogen-bond acceptors (Lipinski definition) is 6. The van der Waals surface area contributed by atoms with Crippen molar-refractivity contribution in [3.05, 3.63) is 59.7 Å². The fourth-order valence-electron chi connectivity index (χ4n) is 3.89. The van der Waals surface area contributed by atoms with Crippen molar-refractivity contribution < 1.29 is 14.4 Å². The molecular weight excluding hydrogens is 388 g/mol. The van der Waals surface area contributed by atoms with Gasteiger partial charge in [-0.1, -0.05) is 36.4 Å². The van der Waals surface area contributed by atoms with E-state index in [0.717, 1.165) is 39.8 Å². The number of rotatable bonds is 3. The summed E-state index contributed by atoms with van der Waals surface area (Å²) in [5.74, 6) is -0.874. The number of carbonyl (C=O) groups is 3. The van der Waals surface area contributed by atoms with Gasteiger partial charge >= 0.3 is 0 Å². The number of piperidine rings is 1. The second-order valence-electron chi connectivity index (χ2n) is 7.10. The molecule has 2 aromatic carbocycles. The van der Waals surface area contributed by atoms with Crippen molar-refractivity contribution >= 4 is 29.4 Å². The lowest BCUT2D eigenvalue weighted by Crippen LogP contribution is -2.52. The first kappa shape index (κ1) is 17.7. The average Bonchev–Trinajstić information content (AvgIpc) is 3.34. The first-order chi connectivity index (χ1) is 14.1. The molecule has 1 unspecified atom stereocenters. The molecule has 29 heavy (non-hydrogen) atoms. The van der Waals surface area contributed by atoms with E-state index >= 15 is 0 Å². The summed E-state index contributed by atoms with van der Waals surface area (Å²) in [7, 11) is 0. The Balaban J connectivity index is 1.47. The van der Waals surface area contributed by atoms with E-state index in [1.165, 1.54) is 0 Å². The largest absolute Gasteiger partial charge is 0.322 e. The van der Waals surface area contributed by atoms with Crippen LogP contribution in [0.5, 0.6) is 0 Å². The van der Waals surface area contributed by atoms with Crippen molar-refractivity contribution in [1.82, 2.24) is 19.0 Å². The molecule has 2 aliphatic heterocycles. The summed E-state index contributed by atoms with van der Waals surface area (Å²) in [6.07, 6.45) is 0.595. The van der Waals surface area contributed by atoms with Gasteiger partial charge in [0.25, 0.3) is 5.91 Å². The van der Waals surface area contributed by atoms with Gasteiger partial charge in [-0.3, -0.25) is 19.7 Å². The van der Waals surface area contributed by atoms with Gasteiger partial charge in [-0.2, -0.15) is 8.75 Å². The van der Waals surface area contributed by atoms with Crippen LogP contribution >= 0.6 is 11.7 Å². The van der Waals surface area contributed by atoms with E-state index in [4.69, 9.17) is 0 Å². The highest BCUT2D eigenvalue weighted by Crippen LogP contribution is 2.34. The maximum Gasteiger partial charge on any atom is 0.255 e. The Bertz CT molecular complexity index is 1140. The lowest BCUT2D eigenvalue weighted by atomic mass is 10.0. The van der Waals surface area contributed by atoms with Crippen molar-refractivity contribution in [3.63, 3.8) is 0 Å². The van der Waals surface area contributed by atoms with Crippen molar-refractivity contribution in [2.24, 2.45) is 0 Å². The van der Waals surface area contributed by atoms with Crippen LogP contribution in [0.25, 0.3) is 22.5 Å². The number of nitrogens with one attached hydrogen (secondary N) is 1. The highest BCUT2D eigenvalue weighted by atomic mass is 32.1.